The van der Waals surface area contributed by atoms with Crippen LogP contribution in [0.5, 0.6) is 0 Å². The maximum absolute atomic E-state index is 13.3. The highest BCUT2D eigenvalue weighted by Gasteiger charge is 2.22. The van der Waals surface area contributed by atoms with Gasteiger partial charge in [0.05, 0.1) is 15.7 Å². The number of carbonyl (C=O) groups excluding carboxylic acids is 2. The second-order valence-corrected chi connectivity index (χ2v) is 8.73. The van der Waals surface area contributed by atoms with Crippen LogP contribution in [-0.2, 0) is 13.5 Å². The number of nitrogens with zero attached hydrogens (tertiary/aromatic N) is 3. The van der Waals surface area contributed by atoms with Gasteiger partial charge in [0, 0.05) is 38.4 Å². The predicted octanol–water partition coefficient (Wildman–Crippen LogP) is 4.14. The van der Waals surface area contributed by atoms with E-state index in [2.05, 4.69) is 22.4 Å². The third-order valence-corrected chi connectivity index (χ3v) is 6.51. The monoisotopic (exact) mass is 446 g/mol. The third kappa shape index (κ3) is 4.89. The van der Waals surface area contributed by atoms with Crippen molar-refractivity contribution in [2.45, 2.75) is 18.9 Å². The number of aromatic nitrogens is 2. The SMILES string of the molecule is CN(C(=O)c1ccc2scnc2c1)[C@H](CCNC(=O)c1cccn1C)Cc1ccccc1. The zero-order valence-corrected chi connectivity index (χ0v) is 19.0. The van der Waals surface area contributed by atoms with Crippen molar-refractivity contribution in [3.63, 3.8) is 0 Å². The number of fused-ring (bicyclic) bond motifs is 1. The second kappa shape index (κ2) is 9.78. The number of likely N-dealkylation sites (N-methyl/N-ethyl adjacent to an activating group) is 1. The Morgan fingerprint density at radius 3 is 2.69 bits per heavy atom. The fourth-order valence-electron chi connectivity index (χ4n) is 3.82. The predicted molar refractivity (Wildman–Crippen MR) is 128 cm³/mol. The molecule has 1 N–H and O–H groups in total. The first kappa shape index (κ1) is 21.8. The number of aryl methyl sites for hydroxylation is 1. The van der Waals surface area contributed by atoms with Gasteiger partial charge in [0.25, 0.3) is 11.8 Å². The molecule has 4 aromatic rings. The lowest BCUT2D eigenvalue weighted by atomic mass is 10.0. The van der Waals surface area contributed by atoms with E-state index in [0.717, 1.165) is 15.8 Å². The van der Waals surface area contributed by atoms with Gasteiger partial charge in [-0.25, -0.2) is 4.98 Å². The first-order chi connectivity index (χ1) is 15.5. The van der Waals surface area contributed by atoms with Crippen LogP contribution >= 0.6 is 11.3 Å². The van der Waals surface area contributed by atoms with Gasteiger partial charge >= 0.3 is 0 Å². The largest absolute Gasteiger partial charge is 0.351 e. The Morgan fingerprint density at radius 2 is 1.94 bits per heavy atom. The molecule has 2 aromatic heterocycles. The lowest BCUT2D eigenvalue weighted by molar-refractivity contribution is 0.0723. The van der Waals surface area contributed by atoms with Gasteiger partial charge in [-0.2, -0.15) is 0 Å². The highest BCUT2D eigenvalue weighted by molar-refractivity contribution is 7.16. The van der Waals surface area contributed by atoms with Crippen LogP contribution in [-0.4, -0.2) is 45.9 Å². The van der Waals surface area contributed by atoms with Gasteiger partial charge in [0.1, 0.15) is 5.69 Å². The zero-order chi connectivity index (χ0) is 22.5. The quantitative estimate of drug-likeness (QED) is 0.442. The van der Waals surface area contributed by atoms with Crippen molar-refractivity contribution < 1.29 is 9.59 Å². The van der Waals surface area contributed by atoms with E-state index in [1.54, 1.807) is 32.4 Å². The molecule has 0 fully saturated rings. The van der Waals surface area contributed by atoms with Crippen LogP contribution in [0.2, 0.25) is 0 Å². The summed E-state index contributed by atoms with van der Waals surface area (Å²) >= 11 is 1.56. The Hall–Kier alpha value is -3.45. The highest BCUT2D eigenvalue weighted by atomic mass is 32.1. The molecule has 2 heterocycles. The van der Waals surface area contributed by atoms with E-state index in [9.17, 15) is 9.59 Å². The van der Waals surface area contributed by atoms with Gasteiger partial charge in [-0.05, 0) is 48.7 Å². The van der Waals surface area contributed by atoms with E-state index in [1.165, 1.54) is 0 Å². The Kier molecular flexibility index (Phi) is 6.66. The summed E-state index contributed by atoms with van der Waals surface area (Å²) in [5, 5.41) is 2.99. The fourth-order valence-corrected chi connectivity index (χ4v) is 4.48. The van der Waals surface area contributed by atoms with Gasteiger partial charge in [-0.1, -0.05) is 30.3 Å². The molecule has 32 heavy (non-hydrogen) atoms. The number of nitrogens with one attached hydrogen (secondary N) is 1. The first-order valence-electron chi connectivity index (χ1n) is 10.6. The number of carbonyl (C=O) groups is 2. The molecule has 0 aliphatic rings. The molecule has 164 valence electrons. The molecule has 2 aromatic carbocycles. The minimum absolute atomic E-state index is 0.0467. The smallest absolute Gasteiger partial charge is 0.267 e. The maximum atomic E-state index is 13.3. The Labute approximate surface area is 191 Å². The summed E-state index contributed by atoms with van der Waals surface area (Å²) in [6.45, 7) is 0.476. The Balaban J connectivity index is 1.48. The average Bonchev–Trinajstić information content (AvgIpc) is 3.46. The van der Waals surface area contributed by atoms with Crippen molar-refractivity contribution >= 4 is 33.4 Å². The summed E-state index contributed by atoms with van der Waals surface area (Å²) in [6, 6.07) is 19.3. The van der Waals surface area contributed by atoms with E-state index < -0.39 is 0 Å². The van der Waals surface area contributed by atoms with Gasteiger partial charge < -0.3 is 14.8 Å². The minimum atomic E-state index is -0.112. The summed E-state index contributed by atoms with van der Waals surface area (Å²) in [6.07, 6.45) is 3.20. The van der Waals surface area contributed by atoms with Crippen LogP contribution in [0.15, 0.2) is 72.4 Å². The molecule has 6 nitrogen and oxygen atoms in total. The van der Waals surface area contributed by atoms with Crippen LogP contribution in [0.4, 0.5) is 0 Å². The van der Waals surface area contributed by atoms with E-state index >= 15 is 0 Å². The molecule has 2 amide bonds. The van der Waals surface area contributed by atoms with E-state index in [1.807, 2.05) is 62.8 Å². The van der Waals surface area contributed by atoms with Gasteiger partial charge in [0.2, 0.25) is 0 Å². The van der Waals surface area contributed by atoms with Crippen molar-refractivity contribution in [1.82, 2.24) is 19.8 Å². The summed E-state index contributed by atoms with van der Waals surface area (Å²) in [5.74, 6) is -0.159. The Bertz CT molecular complexity index is 1210. The molecule has 0 unspecified atom stereocenters. The fraction of sp³-hybridized carbons (Fsp3) is 0.240. The summed E-state index contributed by atoms with van der Waals surface area (Å²) < 4.78 is 2.86. The molecular formula is C25H26N4O2S. The van der Waals surface area contributed by atoms with Gasteiger partial charge in [0.15, 0.2) is 0 Å². The topological polar surface area (TPSA) is 67.2 Å². The molecule has 0 aliphatic heterocycles. The molecule has 0 saturated heterocycles. The first-order valence-corrected chi connectivity index (χ1v) is 11.4. The van der Waals surface area contributed by atoms with Crippen molar-refractivity contribution in [1.29, 1.82) is 0 Å². The number of benzene rings is 2. The molecular weight excluding hydrogens is 420 g/mol. The van der Waals surface area contributed by atoms with Crippen LogP contribution < -0.4 is 5.32 Å². The van der Waals surface area contributed by atoms with Gasteiger partial charge in [-0.15, -0.1) is 11.3 Å². The lowest BCUT2D eigenvalue weighted by Gasteiger charge is -2.29. The van der Waals surface area contributed by atoms with E-state index in [0.29, 0.717) is 30.6 Å². The zero-order valence-electron chi connectivity index (χ0n) is 18.2. The van der Waals surface area contributed by atoms with Crippen LogP contribution in [0.1, 0.15) is 32.8 Å². The van der Waals surface area contributed by atoms with Crippen LogP contribution in [0, 0.1) is 0 Å². The summed E-state index contributed by atoms with van der Waals surface area (Å²) in [7, 11) is 3.68. The molecule has 0 aliphatic carbocycles. The number of hydrogen-bond acceptors (Lipinski definition) is 4. The highest BCUT2D eigenvalue weighted by Crippen LogP contribution is 2.21. The molecule has 0 bridgehead atoms. The van der Waals surface area contributed by atoms with Crippen molar-refractivity contribution in [2.75, 3.05) is 13.6 Å². The molecule has 0 saturated carbocycles. The summed E-state index contributed by atoms with van der Waals surface area (Å²) in [5.41, 5.74) is 5.02. The average molecular weight is 447 g/mol. The van der Waals surface area contributed by atoms with Gasteiger partial charge in [-0.3, -0.25) is 9.59 Å². The molecule has 1 atom stereocenters. The van der Waals surface area contributed by atoms with E-state index in [-0.39, 0.29) is 17.9 Å². The number of amides is 2. The number of thiazole rings is 1. The maximum Gasteiger partial charge on any atom is 0.267 e. The third-order valence-electron chi connectivity index (χ3n) is 5.70. The lowest BCUT2D eigenvalue weighted by Crippen LogP contribution is -2.41. The molecule has 0 radical (unpaired) electrons. The number of hydrogen-bond donors (Lipinski definition) is 1. The standard InChI is InChI=1S/C25H26N4O2S/c1-28-14-6-9-22(28)24(30)26-13-12-20(15-18-7-4-3-5-8-18)29(2)25(31)19-10-11-23-21(16-19)27-17-32-23/h3-11,14,16-17,20H,12-13,15H2,1-2H3,(H,26,30)/t20-/m1/s1. The van der Waals surface area contributed by atoms with Crippen molar-refractivity contribution in [2.24, 2.45) is 7.05 Å². The van der Waals surface area contributed by atoms with Crippen molar-refractivity contribution in [3.8, 4) is 0 Å². The molecule has 4 rings (SSSR count). The minimum Gasteiger partial charge on any atom is -0.351 e. The van der Waals surface area contributed by atoms with Crippen LogP contribution in [0.3, 0.4) is 0 Å². The Morgan fingerprint density at radius 1 is 1.12 bits per heavy atom. The van der Waals surface area contributed by atoms with E-state index in [4.69, 9.17) is 0 Å². The molecule has 0 spiro atoms. The van der Waals surface area contributed by atoms with Crippen LogP contribution in [0.25, 0.3) is 10.2 Å². The second-order valence-electron chi connectivity index (χ2n) is 7.84. The van der Waals surface area contributed by atoms with Crippen molar-refractivity contribution in [3.05, 3.63) is 89.2 Å². The number of rotatable bonds is 8. The normalized spacial score (nSPS) is 11.9. The molecule has 7 heteroatoms. The summed E-state index contributed by atoms with van der Waals surface area (Å²) in [4.78, 5) is 31.9.